The lowest BCUT2D eigenvalue weighted by molar-refractivity contribution is -0.131. The minimum absolute atomic E-state index is 0.365. The lowest BCUT2D eigenvalue weighted by atomic mass is 9.74. The third-order valence-electron chi connectivity index (χ3n) is 5.05. The van der Waals surface area contributed by atoms with Crippen molar-refractivity contribution < 1.29 is 9.90 Å². The maximum absolute atomic E-state index is 10.6. The van der Waals surface area contributed by atoms with Gasteiger partial charge in [0.15, 0.2) is 0 Å². The Balaban J connectivity index is 1.87. The first-order valence-electron chi connectivity index (χ1n) is 8.60. The van der Waals surface area contributed by atoms with Gasteiger partial charge in [-0.15, -0.1) is 0 Å². The maximum Gasteiger partial charge on any atom is 0.327 e. The predicted molar refractivity (Wildman–Crippen MR) is 91.1 cm³/mol. The van der Waals surface area contributed by atoms with Crippen LogP contribution in [-0.2, 0) is 11.2 Å². The van der Waals surface area contributed by atoms with Crippen molar-refractivity contribution >= 4 is 5.97 Å². The zero-order valence-electron chi connectivity index (χ0n) is 13.8. The molecular formula is C20H28O2. The van der Waals surface area contributed by atoms with Crippen molar-refractivity contribution in [1.82, 2.24) is 0 Å². The van der Waals surface area contributed by atoms with E-state index in [0.29, 0.717) is 17.8 Å². The van der Waals surface area contributed by atoms with Crippen LogP contribution < -0.4 is 0 Å². The summed E-state index contributed by atoms with van der Waals surface area (Å²) in [7, 11) is 0. The first kappa shape index (κ1) is 16.8. The molecule has 1 N–H and O–H groups in total. The first-order valence-corrected chi connectivity index (χ1v) is 8.60. The van der Waals surface area contributed by atoms with Crippen LogP contribution in [0, 0.1) is 11.8 Å². The molecule has 1 aromatic rings. The van der Waals surface area contributed by atoms with Crippen LogP contribution in [-0.4, -0.2) is 11.1 Å². The van der Waals surface area contributed by atoms with E-state index in [0.717, 1.165) is 0 Å². The lowest BCUT2D eigenvalue weighted by Crippen LogP contribution is -2.18. The molecule has 0 heterocycles. The summed E-state index contributed by atoms with van der Waals surface area (Å²) < 4.78 is 0. The van der Waals surface area contributed by atoms with Gasteiger partial charge in [0.05, 0.1) is 0 Å². The molecule has 1 atom stereocenters. The number of aliphatic carboxylic acids is 1. The van der Waals surface area contributed by atoms with Crippen molar-refractivity contribution in [2.24, 2.45) is 11.8 Å². The number of carbonyl (C=O) groups is 1. The summed E-state index contributed by atoms with van der Waals surface area (Å²) in [5.41, 5.74) is 2.92. The van der Waals surface area contributed by atoms with Crippen LogP contribution in [0.4, 0.5) is 0 Å². The fourth-order valence-corrected chi connectivity index (χ4v) is 3.61. The van der Waals surface area contributed by atoms with Crippen LogP contribution in [0.25, 0.3) is 0 Å². The van der Waals surface area contributed by atoms with E-state index < -0.39 is 5.97 Å². The Hall–Kier alpha value is -1.57. The van der Waals surface area contributed by atoms with Gasteiger partial charge in [-0.1, -0.05) is 50.6 Å². The fraction of sp³-hybridized carbons (Fsp3) is 0.550. The van der Waals surface area contributed by atoms with Gasteiger partial charge in [0.1, 0.15) is 0 Å². The molecule has 0 amide bonds. The Kier molecular flexibility index (Phi) is 6.23. The summed E-state index contributed by atoms with van der Waals surface area (Å²) in [6.45, 7) is 4.36. The molecule has 0 radical (unpaired) electrons. The molecule has 22 heavy (non-hydrogen) atoms. The van der Waals surface area contributed by atoms with Crippen LogP contribution in [0.5, 0.6) is 0 Å². The third-order valence-corrected chi connectivity index (χ3v) is 5.05. The van der Waals surface area contributed by atoms with E-state index in [1.54, 1.807) is 0 Å². The van der Waals surface area contributed by atoms with Crippen molar-refractivity contribution in [2.75, 3.05) is 0 Å². The van der Waals surface area contributed by atoms with E-state index in [1.807, 2.05) is 6.08 Å². The third kappa shape index (κ3) is 4.72. The number of allylic oxidation sites excluding steroid dienone is 1. The number of hydrogen-bond acceptors (Lipinski definition) is 1. The molecule has 0 bridgehead atoms. The van der Waals surface area contributed by atoms with Gasteiger partial charge in [0.25, 0.3) is 0 Å². The number of hydrogen-bond donors (Lipinski definition) is 1. The van der Waals surface area contributed by atoms with Crippen molar-refractivity contribution in [1.29, 1.82) is 0 Å². The average Bonchev–Trinajstić information content (AvgIpc) is 2.54. The van der Waals surface area contributed by atoms with Gasteiger partial charge in [-0.25, -0.2) is 4.79 Å². The Morgan fingerprint density at radius 2 is 1.86 bits per heavy atom. The Morgan fingerprint density at radius 3 is 2.41 bits per heavy atom. The molecule has 1 aromatic carbocycles. The van der Waals surface area contributed by atoms with Crippen molar-refractivity contribution in [3.8, 4) is 0 Å². The zero-order chi connectivity index (χ0) is 15.9. The average molecular weight is 300 g/mol. The second-order valence-electron chi connectivity index (χ2n) is 6.66. The Morgan fingerprint density at radius 1 is 1.23 bits per heavy atom. The highest BCUT2D eigenvalue weighted by atomic mass is 16.4. The molecule has 1 aliphatic carbocycles. The van der Waals surface area contributed by atoms with E-state index >= 15 is 0 Å². The van der Waals surface area contributed by atoms with E-state index in [2.05, 4.69) is 38.1 Å². The predicted octanol–water partition coefficient (Wildman–Crippen LogP) is 5.19. The van der Waals surface area contributed by atoms with E-state index in [4.69, 9.17) is 5.11 Å². The van der Waals surface area contributed by atoms with Gasteiger partial charge in [-0.3, -0.25) is 0 Å². The summed E-state index contributed by atoms with van der Waals surface area (Å²) in [5.74, 6) is 0.838. The molecule has 120 valence electrons. The highest BCUT2D eigenvalue weighted by molar-refractivity contribution is 5.79. The standard InChI is InChI=1S/C20H28O2/c1-3-4-16-6-8-18(9-7-16)19-12-10-17(11-13-19)15(2)5-14-20(21)22/h5-9,14-15,17,19H,3-4,10-13H2,1-2H3,(H,21,22). The Bertz CT molecular complexity index is 493. The van der Waals surface area contributed by atoms with Gasteiger partial charge in [-0.2, -0.15) is 0 Å². The van der Waals surface area contributed by atoms with Crippen LogP contribution >= 0.6 is 0 Å². The molecule has 0 aliphatic heterocycles. The molecule has 1 unspecified atom stereocenters. The molecule has 2 heteroatoms. The second kappa shape index (κ2) is 8.17. The summed E-state index contributed by atoms with van der Waals surface area (Å²) >= 11 is 0. The number of aryl methyl sites for hydroxylation is 1. The largest absolute Gasteiger partial charge is 0.478 e. The normalized spacial score (nSPS) is 23.5. The zero-order valence-corrected chi connectivity index (χ0v) is 13.8. The van der Waals surface area contributed by atoms with Gasteiger partial charge in [0, 0.05) is 6.08 Å². The SMILES string of the molecule is CCCc1ccc(C2CCC(C(C)C=CC(=O)O)CC2)cc1. The highest BCUT2D eigenvalue weighted by Gasteiger charge is 2.25. The molecule has 2 nitrogen and oxygen atoms in total. The summed E-state index contributed by atoms with van der Waals surface area (Å²) in [4.78, 5) is 10.6. The quantitative estimate of drug-likeness (QED) is 0.734. The van der Waals surface area contributed by atoms with Gasteiger partial charge in [-0.05, 0) is 61.0 Å². The van der Waals surface area contributed by atoms with Crippen LogP contribution in [0.1, 0.15) is 63.0 Å². The summed E-state index contributed by atoms with van der Waals surface area (Å²) in [6.07, 6.45) is 10.4. The number of benzene rings is 1. The molecule has 0 saturated heterocycles. The number of rotatable bonds is 6. The Labute approximate surface area is 134 Å². The van der Waals surface area contributed by atoms with E-state index in [1.165, 1.54) is 55.7 Å². The molecule has 1 aliphatic rings. The maximum atomic E-state index is 10.6. The number of carboxylic acid groups (broad SMARTS) is 1. The lowest BCUT2D eigenvalue weighted by Gasteiger charge is -2.31. The van der Waals surface area contributed by atoms with Crippen molar-refractivity contribution in [2.45, 2.75) is 58.3 Å². The summed E-state index contributed by atoms with van der Waals surface area (Å²) in [5, 5.41) is 8.73. The fourth-order valence-electron chi connectivity index (χ4n) is 3.61. The van der Waals surface area contributed by atoms with Gasteiger partial charge in [0.2, 0.25) is 0 Å². The molecule has 1 fully saturated rings. The van der Waals surface area contributed by atoms with E-state index in [9.17, 15) is 4.79 Å². The van der Waals surface area contributed by atoms with Crippen molar-refractivity contribution in [3.63, 3.8) is 0 Å². The highest BCUT2D eigenvalue weighted by Crippen LogP contribution is 2.39. The summed E-state index contributed by atoms with van der Waals surface area (Å²) in [6, 6.07) is 9.18. The topological polar surface area (TPSA) is 37.3 Å². The van der Waals surface area contributed by atoms with Gasteiger partial charge >= 0.3 is 5.97 Å². The van der Waals surface area contributed by atoms with Crippen LogP contribution in [0.15, 0.2) is 36.4 Å². The minimum Gasteiger partial charge on any atom is -0.478 e. The van der Waals surface area contributed by atoms with Crippen LogP contribution in [0.3, 0.4) is 0 Å². The van der Waals surface area contributed by atoms with Crippen molar-refractivity contribution in [3.05, 3.63) is 47.5 Å². The minimum atomic E-state index is -0.840. The van der Waals surface area contributed by atoms with E-state index in [-0.39, 0.29) is 0 Å². The monoisotopic (exact) mass is 300 g/mol. The first-order chi connectivity index (χ1) is 10.6. The number of carboxylic acids is 1. The molecular weight excluding hydrogens is 272 g/mol. The second-order valence-corrected chi connectivity index (χ2v) is 6.66. The molecule has 0 aromatic heterocycles. The van der Waals surface area contributed by atoms with Gasteiger partial charge < -0.3 is 5.11 Å². The molecule has 1 saturated carbocycles. The molecule has 0 spiro atoms. The van der Waals surface area contributed by atoms with Crippen LogP contribution in [0.2, 0.25) is 0 Å². The smallest absolute Gasteiger partial charge is 0.327 e. The molecule has 2 rings (SSSR count).